The summed E-state index contributed by atoms with van der Waals surface area (Å²) in [7, 11) is 0. The molecule has 2 aromatic carbocycles. The Kier molecular flexibility index (Phi) is 4.42. The molecular formula is C15H13Br2NO. The Labute approximate surface area is 129 Å². The molecule has 0 saturated carbocycles. The molecule has 2 rings (SSSR count). The lowest BCUT2D eigenvalue weighted by molar-refractivity contribution is 0.102. The predicted octanol–water partition coefficient (Wildman–Crippen LogP) is 5.08. The van der Waals surface area contributed by atoms with Crippen molar-refractivity contribution in [2.45, 2.75) is 13.8 Å². The lowest BCUT2D eigenvalue weighted by atomic mass is 10.1. The lowest BCUT2D eigenvalue weighted by Crippen LogP contribution is -2.12. The second kappa shape index (κ2) is 5.88. The number of carbonyl (C=O) groups excluding carboxylic acids is 1. The van der Waals surface area contributed by atoms with Gasteiger partial charge in [0.25, 0.3) is 5.91 Å². The van der Waals surface area contributed by atoms with Crippen LogP contribution < -0.4 is 5.32 Å². The fraction of sp³-hybridized carbons (Fsp3) is 0.133. The molecule has 0 radical (unpaired) electrons. The van der Waals surface area contributed by atoms with E-state index in [1.165, 1.54) is 0 Å². The minimum absolute atomic E-state index is 0.109. The molecule has 0 saturated heterocycles. The number of nitrogens with one attached hydrogen (secondary N) is 1. The standard InChI is InChI=1S/C15H13Br2NO/c1-9-3-5-13(17)14(7-9)18-15(19)11-4-6-12(16)10(2)8-11/h3-8H,1-2H3,(H,18,19). The third kappa shape index (κ3) is 3.45. The average molecular weight is 383 g/mol. The Hall–Kier alpha value is -1.13. The van der Waals surface area contributed by atoms with Crippen molar-refractivity contribution in [3.8, 4) is 0 Å². The van der Waals surface area contributed by atoms with E-state index in [4.69, 9.17) is 0 Å². The van der Waals surface area contributed by atoms with E-state index < -0.39 is 0 Å². The molecule has 0 aliphatic carbocycles. The van der Waals surface area contributed by atoms with E-state index in [1.54, 1.807) is 6.07 Å². The Bertz CT molecular complexity index is 638. The fourth-order valence-electron chi connectivity index (χ4n) is 1.72. The highest BCUT2D eigenvalue weighted by molar-refractivity contribution is 9.10. The third-order valence-corrected chi connectivity index (χ3v) is 4.37. The summed E-state index contributed by atoms with van der Waals surface area (Å²) in [4.78, 5) is 12.2. The second-order valence-electron chi connectivity index (χ2n) is 4.40. The molecule has 0 aliphatic heterocycles. The van der Waals surface area contributed by atoms with Gasteiger partial charge >= 0.3 is 0 Å². The summed E-state index contributed by atoms with van der Waals surface area (Å²) >= 11 is 6.86. The van der Waals surface area contributed by atoms with Crippen molar-refractivity contribution < 1.29 is 4.79 Å². The first-order chi connectivity index (χ1) is 8.97. The Morgan fingerprint density at radius 1 is 1.00 bits per heavy atom. The van der Waals surface area contributed by atoms with Crippen LogP contribution in [0.3, 0.4) is 0 Å². The zero-order chi connectivity index (χ0) is 14.0. The number of hydrogen-bond donors (Lipinski definition) is 1. The van der Waals surface area contributed by atoms with Gasteiger partial charge in [-0.2, -0.15) is 0 Å². The van der Waals surface area contributed by atoms with Crippen molar-refractivity contribution in [1.29, 1.82) is 0 Å². The summed E-state index contributed by atoms with van der Waals surface area (Å²) in [5.41, 5.74) is 3.57. The van der Waals surface area contributed by atoms with Crippen molar-refractivity contribution in [3.63, 3.8) is 0 Å². The van der Waals surface area contributed by atoms with Crippen LogP contribution in [0.1, 0.15) is 21.5 Å². The molecule has 0 aromatic heterocycles. The molecule has 0 bridgehead atoms. The lowest BCUT2D eigenvalue weighted by Gasteiger charge is -2.09. The zero-order valence-electron chi connectivity index (χ0n) is 10.6. The number of hydrogen-bond acceptors (Lipinski definition) is 1. The summed E-state index contributed by atoms with van der Waals surface area (Å²) < 4.78 is 1.88. The van der Waals surface area contributed by atoms with Gasteiger partial charge in [-0.05, 0) is 71.2 Å². The summed E-state index contributed by atoms with van der Waals surface area (Å²) in [6.45, 7) is 3.95. The highest BCUT2D eigenvalue weighted by Crippen LogP contribution is 2.24. The molecule has 0 heterocycles. The van der Waals surface area contributed by atoms with Crippen LogP contribution in [0.2, 0.25) is 0 Å². The molecule has 4 heteroatoms. The van der Waals surface area contributed by atoms with Crippen molar-refractivity contribution in [2.75, 3.05) is 5.32 Å². The summed E-state index contributed by atoms with van der Waals surface area (Å²) in [6.07, 6.45) is 0. The van der Waals surface area contributed by atoms with E-state index >= 15 is 0 Å². The number of carbonyl (C=O) groups is 1. The number of halogens is 2. The Balaban J connectivity index is 2.25. The first-order valence-corrected chi connectivity index (χ1v) is 7.39. The van der Waals surface area contributed by atoms with Gasteiger partial charge in [-0.15, -0.1) is 0 Å². The van der Waals surface area contributed by atoms with Crippen LogP contribution in [0.4, 0.5) is 5.69 Å². The first-order valence-electron chi connectivity index (χ1n) is 5.81. The summed E-state index contributed by atoms with van der Waals surface area (Å²) in [6, 6.07) is 11.4. The molecule has 1 N–H and O–H groups in total. The van der Waals surface area contributed by atoms with Crippen LogP contribution in [-0.4, -0.2) is 5.91 Å². The van der Waals surface area contributed by atoms with Crippen LogP contribution in [-0.2, 0) is 0 Å². The molecule has 1 amide bonds. The van der Waals surface area contributed by atoms with Crippen LogP contribution in [0.5, 0.6) is 0 Å². The normalized spacial score (nSPS) is 10.3. The SMILES string of the molecule is Cc1ccc(Br)c(NC(=O)c2ccc(Br)c(C)c2)c1. The first kappa shape index (κ1) is 14.3. The highest BCUT2D eigenvalue weighted by Gasteiger charge is 2.09. The van der Waals surface area contributed by atoms with Gasteiger partial charge in [0.05, 0.1) is 5.69 Å². The molecule has 0 spiro atoms. The number of benzene rings is 2. The van der Waals surface area contributed by atoms with Gasteiger partial charge in [-0.3, -0.25) is 4.79 Å². The van der Waals surface area contributed by atoms with E-state index in [2.05, 4.69) is 37.2 Å². The molecule has 0 aliphatic rings. The Morgan fingerprint density at radius 2 is 1.68 bits per heavy atom. The maximum Gasteiger partial charge on any atom is 0.255 e. The van der Waals surface area contributed by atoms with Crippen molar-refractivity contribution in [1.82, 2.24) is 0 Å². The van der Waals surface area contributed by atoms with Gasteiger partial charge in [-0.25, -0.2) is 0 Å². The molecule has 2 aromatic rings. The zero-order valence-corrected chi connectivity index (χ0v) is 13.8. The van der Waals surface area contributed by atoms with Gasteiger partial charge in [0, 0.05) is 14.5 Å². The van der Waals surface area contributed by atoms with Gasteiger partial charge in [0.15, 0.2) is 0 Å². The van der Waals surface area contributed by atoms with Crippen LogP contribution >= 0.6 is 31.9 Å². The largest absolute Gasteiger partial charge is 0.321 e. The van der Waals surface area contributed by atoms with E-state index in [0.717, 1.165) is 25.8 Å². The van der Waals surface area contributed by atoms with Crippen molar-refractivity contribution in [3.05, 3.63) is 62.0 Å². The second-order valence-corrected chi connectivity index (χ2v) is 6.11. The topological polar surface area (TPSA) is 29.1 Å². The van der Waals surface area contributed by atoms with E-state index in [1.807, 2.05) is 44.2 Å². The molecule has 2 nitrogen and oxygen atoms in total. The molecule has 98 valence electrons. The predicted molar refractivity (Wildman–Crippen MR) is 85.7 cm³/mol. The average Bonchev–Trinajstić information content (AvgIpc) is 2.37. The van der Waals surface area contributed by atoms with Crippen LogP contribution in [0.25, 0.3) is 0 Å². The van der Waals surface area contributed by atoms with Crippen LogP contribution in [0.15, 0.2) is 45.3 Å². The number of amides is 1. The summed E-state index contributed by atoms with van der Waals surface area (Å²) in [5.74, 6) is -0.109. The number of aryl methyl sites for hydroxylation is 2. The molecule has 0 fully saturated rings. The maximum absolute atomic E-state index is 12.2. The monoisotopic (exact) mass is 381 g/mol. The fourth-order valence-corrected chi connectivity index (χ4v) is 2.31. The van der Waals surface area contributed by atoms with Gasteiger partial charge < -0.3 is 5.32 Å². The van der Waals surface area contributed by atoms with E-state index in [0.29, 0.717) is 5.56 Å². The Morgan fingerprint density at radius 3 is 2.37 bits per heavy atom. The van der Waals surface area contributed by atoms with Crippen molar-refractivity contribution in [2.24, 2.45) is 0 Å². The molecule has 0 atom stereocenters. The quantitative estimate of drug-likeness (QED) is 0.770. The van der Waals surface area contributed by atoms with E-state index in [-0.39, 0.29) is 5.91 Å². The minimum atomic E-state index is -0.109. The molecule has 0 unspecified atom stereocenters. The van der Waals surface area contributed by atoms with Gasteiger partial charge in [0.2, 0.25) is 0 Å². The van der Waals surface area contributed by atoms with E-state index in [9.17, 15) is 4.79 Å². The maximum atomic E-state index is 12.2. The smallest absolute Gasteiger partial charge is 0.255 e. The van der Waals surface area contributed by atoms with Crippen molar-refractivity contribution >= 4 is 43.5 Å². The molecule has 19 heavy (non-hydrogen) atoms. The highest BCUT2D eigenvalue weighted by atomic mass is 79.9. The van der Waals surface area contributed by atoms with Gasteiger partial charge in [0.1, 0.15) is 0 Å². The van der Waals surface area contributed by atoms with Crippen LogP contribution in [0, 0.1) is 13.8 Å². The molecular weight excluding hydrogens is 370 g/mol. The number of anilines is 1. The summed E-state index contributed by atoms with van der Waals surface area (Å²) in [5, 5.41) is 2.91. The third-order valence-electron chi connectivity index (χ3n) is 2.79. The van der Waals surface area contributed by atoms with Gasteiger partial charge in [-0.1, -0.05) is 22.0 Å². The number of rotatable bonds is 2. The minimum Gasteiger partial charge on any atom is -0.321 e.